The lowest BCUT2D eigenvalue weighted by Crippen LogP contribution is -2.84. The topological polar surface area (TPSA) is 63.6 Å². The van der Waals surface area contributed by atoms with Crippen LogP contribution in [0, 0.1) is 45.3 Å². The van der Waals surface area contributed by atoms with E-state index in [1.54, 1.807) is 0 Å². The molecule has 7 aliphatic rings. The Kier molecular flexibility index (Phi) is 4.32. The summed E-state index contributed by atoms with van der Waals surface area (Å²) in [6, 6.07) is 0. The number of ether oxygens (including phenoxy) is 1. The van der Waals surface area contributed by atoms with Crippen LogP contribution in [0.2, 0.25) is 0 Å². The first-order chi connectivity index (χ1) is 15.8. The van der Waals surface area contributed by atoms with Crippen LogP contribution in [0.25, 0.3) is 0 Å². The zero-order chi connectivity index (χ0) is 24.7. The third-order valence-corrected chi connectivity index (χ3v) is 11.8. The minimum atomic E-state index is -1.89. The first-order valence-corrected chi connectivity index (χ1v) is 13.6. The average Bonchev–Trinajstić information content (AvgIpc) is 2.89. The Morgan fingerprint density at radius 1 is 1.15 bits per heavy atom. The molecular weight excluding hydrogens is 424 g/mol. The van der Waals surface area contributed by atoms with Crippen molar-refractivity contribution in [2.24, 2.45) is 45.3 Å². The second-order valence-corrected chi connectivity index (χ2v) is 14.1. The van der Waals surface area contributed by atoms with Crippen molar-refractivity contribution in [3.8, 4) is 0 Å². The summed E-state index contributed by atoms with van der Waals surface area (Å²) < 4.78 is 6.95. The molecule has 2 spiro atoms. The van der Waals surface area contributed by atoms with Crippen molar-refractivity contribution >= 4 is 11.6 Å². The molecule has 0 aromatic heterocycles. The Labute approximate surface area is 204 Å². The number of allylic oxidation sites excluding steroid dienone is 4. The highest BCUT2D eigenvalue weighted by Gasteiger charge is 2.92. The molecule has 4 nitrogen and oxygen atoms in total. The van der Waals surface area contributed by atoms with Crippen molar-refractivity contribution in [3.63, 3.8) is 0 Å². The Bertz CT molecular complexity index is 1060. The predicted molar refractivity (Wildman–Crippen MR) is 131 cm³/mol. The van der Waals surface area contributed by atoms with Crippen LogP contribution in [-0.4, -0.2) is 28.1 Å². The number of ketones is 2. The third-order valence-electron chi connectivity index (χ3n) is 11.8. The van der Waals surface area contributed by atoms with Crippen LogP contribution in [-0.2, 0) is 14.3 Å². The first kappa shape index (κ1) is 23.2. The van der Waals surface area contributed by atoms with Gasteiger partial charge in [-0.25, -0.2) is 0 Å². The van der Waals surface area contributed by atoms with Gasteiger partial charge >= 0.3 is 0 Å². The molecule has 6 fully saturated rings. The van der Waals surface area contributed by atoms with Gasteiger partial charge in [0.15, 0.2) is 5.78 Å². The zero-order valence-corrected chi connectivity index (χ0v) is 22.1. The lowest BCUT2D eigenvalue weighted by Gasteiger charge is -2.72. The van der Waals surface area contributed by atoms with E-state index >= 15 is 0 Å². The van der Waals surface area contributed by atoms with E-state index in [1.807, 2.05) is 13.8 Å². The number of hydrogen-bond acceptors (Lipinski definition) is 4. The van der Waals surface area contributed by atoms with E-state index in [4.69, 9.17) is 4.74 Å². The van der Waals surface area contributed by atoms with Gasteiger partial charge in [0.2, 0.25) is 11.6 Å². The second kappa shape index (κ2) is 6.35. The van der Waals surface area contributed by atoms with E-state index in [0.29, 0.717) is 12.8 Å². The highest BCUT2D eigenvalue weighted by Crippen LogP contribution is 2.84. The molecule has 7 rings (SSSR count). The minimum absolute atomic E-state index is 0.0536. The molecule has 0 aromatic carbocycles. The maximum atomic E-state index is 15.0. The molecular formula is C30H42O4. The smallest absolute Gasteiger partial charge is 0.235 e. The molecule has 5 saturated carbocycles. The van der Waals surface area contributed by atoms with Gasteiger partial charge in [-0.3, -0.25) is 9.59 Å². The van der Waals surface area contributed by atoms with Gasteiger partial charge in [-0.1, -0.05) is 57.4 Å². The van der Waals surface area contributed by atoms with E-state index in [2.05, 4.69) is 46.8 Å². The molecule has 34 heavy (non-hydrogen) atoms. The standard InChI is InChI=1S/C30H42O4/c1-17(2)15-20-22-19(5)9-13-26-14-10-21-25(6,7)11-8-12-27(21)16-28(22,26)30(33,34-27)24(32)29(20,18(3)4)23(26)31/h9,15,18,20-22,33H,8,10-14,16H2,1-7H3/t20-,21+,22-,26-,27+,28+,29-,30+/m0/s1. The normalized spacial score (nSPS) is 52.3. The van der Waals surface area contributed by atoms with Crippen LogP contribution in [0.5, 0.6) is 0 Å². The van der Waals surface area contributed by atoms with Crippen molar-refractivity contribution in [3.05, 3.63) is 23.3 Å². The van der Waals surface area contributed by atoms with Gasteiger partial charge in [-0.2, -0.15) is 0 Å². The number of carbonyl (C=O) groups is 2. The largest absolute Gasteiger partial charge is 0.359 e. The van der Waals surface area contributed by atoms with E-state index in [1.165, 1.54) is 5.57 Å². The van der Waals surface area contributed by atoms with E-state index in [-0.39, 0.29) is 40.7 Å². The van der Waals surface area contributed by atoms with Crippen molar-refractivity contribution < 1.29 is 19.4 Å². The maximum absolute atomic E-state index is 15.0. The zero-order valence-electron chi connectivity index (χ0n) is 22.1. The third kappa shape index (κ3) is 2.07. The molecule has 1 N–H and O–H groups in total. The van der Waals surface area contributed by atoms with Gasteiger partial charge in [-0.05, 0) is 82.5 Å². The Balaban J connectivity index is 1.73. The highest BCUT2D eigenvalue weighted by atomic mass is 16.7. The summed E-state index contributed by atoms with van der Waals surface area (Å²) >= 11 is 0. The Morgan fingerprint density at radius 3 is 2.50 bits per heavy atom. The maximum Gasteiger partial charge on any atom is 0.235 e. The summed E-state index contributed by atoms with van der Waals surface area (Å²) in [5, 5.41) is 12.7. The number of rotatable bonds is 2. The quantitative estimate of drug-likeness (QED) is 0.414. The lowest BCUT2D eigenvalue weighted by atomic mass is 9.28. The lowest BCUT2D eigenvalue weighted by molar-refractivity contribution is -0.328. The Morgan fingerprint density at radius 2 is 1.85 bits per heavy atom. The van der Waals surface area contributed by atoms with Crippen LogP contribution in [0.1, 0.15) is 93.4 Å². The molecule has 1 heterocycles. The number of hydrogen-bond donors (Lipinski definition) is 1. The predicted octanol–water partition coefficient (Wildman–Crippen LogP) is 5.78. The van der Waals surface area contributed by atoms with Gasteiger partial charge in [0.05, 0.1) is 11.0 Å². The minimum Gasteiger partial charge on any atom is -0.359 e. The molecule has 0 radical (unpaired) electrons. The molecule has 1 aliphatic heterocycles. The molecule has 4 heteroatoms. The molecule has 1 saturated heterocycles. The molecule has 186 valence electrons. The van der Waals surface area contributed by atoms with Crippen LogP contribution >= 0.6 is 0 Å². The van der Waals surface area contributed by atoms with E-state index in [9.17, 15) is 14.7 Å². The van der Waals surface area contributed by atoms with Crippen LogP contribution < -0.4 is 0 Å². The van der Waals surface area contributed by atoms with Gasteiger partial charge in [-0.15, -0.1) is 0 Å². The number of carbonyl (C=O) groups excluding carboxylic acids is 2. The van der Waals surface area contributed by atoms with Crippen molar-refractivity contribution in [2.75, 3.05) is 0 Å². The number of Topliss-reactive ketones (excluding diaryl/α,β-unsaturated/α-hetero) is 2. The molecule has 0 amide bonds. The fraction of sp³-hybridized carbons (Fsp3) is 0.800. The van der Waals surface area contributed by atoms with Gasteiger partial charge in [0.25, 0.3) is 0 Å². The summed E-state index contributed by atoms with van der Waals surface area (Å²) in [5.74, 6) is -2.34. The van der Waals surface area contributed by atoms with Gasteiger partial charge in [0.1, 0.15) is 5.41 Å². The summed E-state index contributed by atoms with van der Waals surface area (Å²) in [4.78, 5) is 29.7. The van der Waals surface area contributed by atoms with Crippen LogP contribution in [0.4, 0.5) is 0 Å². The van der Waals surface area contributed by atoms with E-state index in [0.717, 1.165) is 37.7 Å². The monoisotopic (exact) mass is 466 g/mol. The summed E-state index contributed by atoms with van der Waals surface area (Å²) in [6.07, 6.45) is 10.5. The molecule has 8 atom stereocenters. The van der Waals surface area contributed by atoms with E-state index < -0.39 is 27.6 Å². The molecule has 5 bridgehead atoms. The fourth-order valence-electron chi connectivity index (χ4n) is 10.9. The van der Waals surface area contributed by atoms with Crippen molar-refractivity contribution in [2.45, 2.75) is 105 Å². The molecule has 6 aliphatic carbocycles. The highest BCUT2D eigenvalue weighted by molar-refractivity contribution is 6.18. The van der Waals surface area contributed by atoms with Crippen LogP contribution in [0.15, 0.2) is 23.3 Å². The molecule has 0 aromatic rings. The summed E-state index contributed by atoms with van der Waals surface area (Å²) in [6.45, 7) is 15.0. The summed E-state index contributed by atoms with van der Waals surface area (Å²) in [5.41, 5.74) is -0.952. The molecule has 0 unspecified atom stereocenters. The van der Waals surface area contributed by atoms with Crippen molar-refractivity contribution in [1.29, 1.82) is 0 Å². The average molecular weight is 467 g/mol. The van der Waals surface area contributed by atoms with Gasteiger partial charge < -0.3 is 9.84 Å². The fourth-order valence-corrected chi connectivity index (χ4v) is 10.9. The SMILES string of the molecule is CC(C)=C[C@H]1[C@@H]2C(C)=CC[C@@]34CC[C@@H]5C(C)(C)CCC[C@@]56C[C@@]23[C@](O)(O6)C(=O)[C@]1(C(C)C)C4=O. The van der Waals surface area contributed by atoms with Crippen molar-refractivity contribution in [1.82, 2.24) is 0 Å². The Hall–Kier alpha value is -1.26. The second-order valence-electron chi connectivity index (χ2n) is 14.1. The van der Waals surface area contributed by atoms with Gasteiger partial charge in [0, 0.05) is 11.3 Å². The van der Waals surface area contributed by atoms with Crippen LogP contribution in [0.3, 0.4) is 0 Å². The number of aliphatic hydroxyl groups is 1. The first-order valence-electron chi connectivity index (χ1n) is 13.6. The summed E-state index contributed by atoms with van der Waals surface area (Å²) in [7, 11) is 0.